The van der Waals surface area contributed by atoms with Crippen LogP contribution in [0.4, 0.5) is 4.79 Å². The van der Waals surface area contributed by atoms with Crippen LogP contribution in [0.15, 0.2) is 48.5 Å². The Morgan fingerprint density at radius 1 is 1.14 bits per heavy atom. The van der Waals surface area contributed by atoms with Crippen molar-refractivity contribution in [1.82, 2.24) is 5.32 Å². The van der Waals surface area contributed by atoms with Crippen LogP contribution >= 0.6 is 11.8 Å². The van der Waals surface area contributed by atoms with Crippen molar-refractivity contribution in [3.63, 3.8) is 0 Å². The van der Waals surface area contributed by atoms with E-state index in [1.54, 1.807) is 6.92 Å². The number of thioether (sulfide) groups is 1. The Labute approximate surface area is 167 Å². The van der Waals surface area contributed by atoms with Gasteiger partial charge < -0.3 is 14.8 Å². The second-order valence-electron chi connectivity index (χ2n) is 6.38. The summed E-state index contributed by atoms with van der Waals surface area (Å²) in [5, 5.41) is 12.8. The number of rotatable bonds is 6. The molecule has 0 heterocycles. The van der Waals surface area contributed by atoms with Gasteiger partial charge in [0.05, 0.1) is 7.11 Å². The molecule has 2 aromatic carbocycles. The zero-order chi connectivity index (χ0) is 20.1. The average Bonchev–Trinajstić information content (AvgIpc) is 3.04. The van der Waals surface area contributed by atoms with Gasteiger partial charge in [-0.25, -0.2) is 9.59 Å². The van der Waals surface area contributed by atoms with Crippen LogP contribution in [-0.4, -0.2) is 37.1 Å². The molecule has 0 fully saturated rings. The maximum absolute atomic E-state index is 12.3. The Bertz CT molecular complexity index is 879. The molecule has 7 heteroatoms. The van der Waals surface area contributed by atoms with Crippen molar-refractivity contribution in [3.8, 4) is 16.5 Å². The van der Waals surface area contributed by atoms with Crippen molar-refractivity contribution in [2.45, 2.75) is 24.1 Å². The second kappa shape index (κ2) is 8.81. The predicted octanol–water partition coefficient (Wildman–Crippen LogP) is 3.67. The van der Waals surface area contributed by atoms with Crippen LogP contribution in [0.5, 0.6) is 0 Å². The van der Waals surface area contributed by atoms with E-state index < -0.39 is 23.4 Å². The first-order chi connectivity index (χ1) is 13.6. The maximum atomic E-state index is 12.3. The van der Waals surface area contributed by atoms with E-state index in [1.807, 2.05) is 41.8 Å². The fraction of sp³-hybridized carbons (Fsp3) is 0.286. The van der Waals surface area contributed by atoms with Crippen LogP contribution in [0.3, 0.4) is 0 Å². The first-order valence-electron chi connectivity index (χ1n) is 8.81. The third kappa shape index (κ3) is 3.97. The van der Waals surface area contributed by atoms with Crippen molar-refractivity contribution < 1.29 is 19.1 Å². The van der Waals surface area contributed by atoms with Crippen LogP contribution < -0.4 is 5.32 Å². The lowest BCUT2D eigenvalue weighted by Gasteiger charge is -2.21. The van der Waals surface area contributed by atoms with Crippen LogP contribution in [0.1, 0.15) is 24.0 Å². The molecule has 0 spiro atoms. The normalized spacial score (nSPS) is 14.2. The van der Waals surface area contributed by atoms with Crippen molar-refractivity contribution in [1.29, 1.82) is 5.26 Å². The Hall–Kier alpha value is -2.98. The molecule has 1 amide bonds. The molecule has 0 bridgehead atoms. The summed E-state index contributed by atoms with van der Waals surface area (Å²) in [4.78, 5) is 24.3. The number of nitriles is 1. The third-order valence-corrected chi connectivity index (χ3v) is 5.53. The third-order valence-electron chi connectivity index (χ3n) is 4.78. The fourth-order valence-electron chi connectivity index (χ4n) is 3.41. The molecular formula is C21H20N2O4S. The van der Waals surface area contributed by atoms with Gasteiger partial charge in [0.1, 0.15) is 18.0 Å². The molecule has 1 aliphatic rings. The van der Waals surface area contributed by atoms with E-state index in [-0.39, 0.29) is 12.5 Å². The molecular weight excluding hydrogens is 376 g/mol. The Balaban J connectivity index is 1.71. The van der Waals surface area contributed by atoms with Gasteiger partial charge in [-0.3, -0.25) is 0 Å². The SMILES string of the molecule is COC(=O)[C@@H](NC(=O)OCC1c2ccccc2-c2ccccc21)[C@@H](C)SC#N. The molecule has 0 aromatic heterocycles. The van der Waals surface area contributed by atoms with E-state index in [2.05, 4.69) is 17.4 Å². The first kappa shape index (κ1) is 19.8. The van der Waals surface area contributed by atoms with Gasteiger partial charge in [0.2, 0.25) is 0 Å². The van der Waals surface area contributed by atoms with E-state index in [4.69, 9.17) is 14.7 Å². The summed E-state index contributed by atoms with van der Waals surface area (Å²) < 4.78 is 10.2. The highest BCUT2D eigenvalue weighted by Crippen LogP contribution is 2.44. The van der Waals surface area contributed by atoms with Crippen LogP contribution in [0.2, 0.25) is 0 Å². The number of hydrogen-bond acceptors (Lipinski definition) is 6. The molecule has 1 aliphatic carbocycles. The Morgan fingerprint density at radius 3 is 2.25 bits per heavy atom. The monoisotopic (exact) mass is 396 g/mol. The minimum atomic E-state index is -0.967. The van der Waals surface area contributed by atoms with E-state index in [9.17, 15) is 9.59 Å². The lowest BCUT2D eigenvalue weighted by molar-refractivity contribution is -0.142. The number of methoxy groups -OCH3 is 1. The van der Waals surface area contributed by atoms with E-state index in [1.165, 1.54) is 7.11 Å². The van der Waals surface area contributed by atoms with Gasteiger partial charge >= 0.3 is 12.1 Å². The number of benzene rings is 2. The molecule has 0 radical (unpaired) electrons. The number of carbonyl (C=O) groups is 2. The summed E-state index contributed by atoms with van der Waals surface area (Å²) in [6.45, 7) is 1.81. The number of esters is 1. The van der Waals surface area contributed by atoms with Gasteiger partial charge in [0.15, 0.2) is 0 Å². The fourth-order valence-corrected chi connectivity index (χ4v) is 3.89. The van der Waals surface area contributed by atoms with Gasteiger partial charge in [-0.1, -0.05) is 48.5 Å². The number of nitrogens with zero attached hydrogens (tertiary/aromatic N) is 1. The Kier molecular flexibility index (Phi) is 6.22. The molecule has 3 rings (SSSR count). The smallest absolute Gasteiger partial charge is 0.407 e. The summed E-state index contributed by atoms with van der Waals surface area (Å²) >= 11 is 0.884. The van der Waals surface area contributed by atoms with Crippen molar-refractivity contribution in [3.05, 3.63) is 59.7 Å². The average molecular weight is 396 g/mol. The van der Waals surface area contributed by atoms with Crippen LogP contribution in [0.25, 0.3) is 11.1 Å². The molecule has 28 heavy (non-hydrogen) atoms. The molecule has 2 atom stereocenters. The molecule has 6 nitrogen and oxygen atoms in total. The zero-order valence-corrected chi connectivity index (χ0v) is 16.4. The number of fused-ring (bicyclic) bond motifs is 3. The van der Waals surface area contributed by atoms with Gasteiger partial charge in [-0.05, 0) is 40.9 Å². The van der Waals surface area contributed by atoms with Gasteiger partial charge in [0, 0.05) is 11.2 Å². The highest BCUT2D eigenvalue weighted by atomic mass is 32.2. The number of ether oxygens (including phenoxy) is 2. The summed E-state index contributed by atoms with van der Waals surface area (Å²) in [7, 11) is 1.23. The minimum Gasteiger partial charge on any atom is -0.467 e. The van der Waals surface area contributed by atoms with Crippen molar-refractivity contribution >= 4 is 23.8 Å². The van der Waals surface area contributed by atoms with Gasteiger partial charge in [-0.2, -0.15) is 5.26 Å². The number of hydrogen-bond donors (Lipinski definition) is 1. The predicted molar refractivity (Wildman–Crippen MR) is 107 cm³/mol. The van der Waals surface area contributed by atoms with Crippen LogP contribution in [0, 0.1) is 10.7 Å². The van der Waals surface area contributed by atoms with Gasteiger partial charge in [-0.15, -0.1) is 0 Å². The molecule has 0 saturated heterocycles. The summed E-state index contributed by atoms with van der Waals surface area (Å²) in [6, 6.07) is 15.1. The standard InChI is InChI=1S/C21H20N2O4S/c1-13(28-12-22)19(20(24)26-2)23-21(25)27-11-18-16-9-5-3-7-14(16)15-8-4-6-10-17(15)18/h3-10,13,18-19H,11H2,1-2H3,(H,23,25)/t13-,19+/m1/s1. The molecule has 0 aliphatic heterocycles. The summed E-state index contributed by atoms with van der Waals surface area (Å²) in [6.07, 6.45) is -0.720. The lowest BCUT2D eigenvalue weighted by Crippen LogP contribution is -2.47. The largest absolute Gasteiger partial charge is 0.467 e. The number of amides is 1. The minimum absolute atomic E-state index is 0.0689. The summed E-state index contributed by atoms with van der Waals surface area (Å²) in [5.74, 6) is -0.690. The van der Waals surface area contributed by atoms with Crippen LogP contribution in [-0.2, 0) is 14.3 Å². The number of thiocyanates is 1. The van der Waals surface area contributed by atoms with E-state index in [0.717, 1.165) is 34.0 Å². The Morgan fingerprint density at radius 2 is 1.71 bits per heavy atom. The molecule has 0 unspecified atom stereocenters. The molecule has 2 aromatic rings. The first-order valence-corrected chi connectivity index (χ1v) is 9.68. The van der Waals surface area contributed by atoms with E-state index >= 15 is 0 Å². The molecule has 0 saturated carbocycles. The van der Waals surface area contributed by atoms with Crippen molar-refractivity contribution in [2.75, 3.05) is 13.7 Å². The lowest BCUT2D eigenvalue weighted by atomic mass is 9.98. The maximum Gasteiger partial charge on any atom is 0.407 e. The topological polar surface area (TPSA) is 88.4 Å². The number of nitrogens with one attached hydrogen (secondary N) is 1. The number of carbonyl (C=O) groups excluding carboxylic acids is 2. The van der Waals surface area contributed by atoms with Gasteiger partial charge in [0.25, 0.3) is 0 Å². The molecule has 1 N–H and O–H groups in total. The quantitative estimate of drug-likeness (QED) is 0.592. The van der Waals surface area contributed by atoms with Crippen molar-refractivity contribution in [2.24, 2.45) is 0 Å². The zero-order valence-electron chi connectivity index (χ0n) is 15.5. The molecule has 144 valence electrons. The highest BCUT2D eigenvalue weighted by molar-refractivity contribution is 8.04. The highest BCUT2D eigenvalue weighted by Gasteiger charge is 2.31. The van der Waals surface area contributed by atoms with E-state index in [0.29, 0.717) is 0 Å². The number of alkyl carbamates (subject to hydrolysis) is 1. The summed E-state index contributed by atoms with van der Waals surface area (Å²) in [5.41, 5.74) is 4.49. The second-order valence-corrected chi connectivity index (χ2v) is 7.55.